The van der Waals surface area contributed by atoms with Crippen molar-refractivity contribution in [1.29, 1.82) is 0 Å². The standard InChI is InChI=1S/C12H18N2O3/c1-3-17-12(16)9-7-13-10-6-4-5-8(2)14(10)11(9)15/h7-8,10,13H,3-6H2,1-2H3. The van der Waals surface area contributed by atoms with Crippen LogP contribution in [0.25, 0.3) is 0 Å². The van der Waals surface area contributed by atoms with Gasteiger partial charge in [-0.05, 0) is 33.1 Å². The van der Waals surface area contributed by atoms with Gasteiger partial charge in [-0.3, -0.25) is 4.79 Å². The van der Waals surface area contributed by atoms with E-state index in [1.54, 1.807) is 11.8 Å². The van der Waals surface area contributed by atoms with Crippen LogP contribution in [0.5, 0.6) is 0 Å². The van der Waals surface area contributed by atoms with E-state index in [0.29, 0.717) is 0 Å². The van der Waals surface area contributed by atoms with Crippen molar-refractivity contribution in [2.45, 2.75) is 45.3 Å². The lowest BCUT2D eigenvalue weighted by Gasteiger charge is -2.43. The van der Waals surface area contributed by atoms with Crippen LogP contribution in [-0.2, 0) is 14.3 Å². The molecule has 5 heteroatoms. The van der Waals surface area contributed by atoms with Crippen molar-refractivity contribution in [2.24, 2.45) is 0 Å². The average molecular weight is 238 g/mol. The predicted octanol–water partition coefficient (Wildman–Crippen LogP) is 0.764. The zero-order valence-corrected chi connectivity index (χ0v) is 10.2. The molecule has 0 bridgehead atoms. The summed E-state index contributed by atoms with van der Waals surface area (Å²) in [4.78, 5) is 25.6. The summed E-state index contributed by atoms with van der Waals surface area (Å²) in [5.41, 5.74) is 0.108. The molecule has 0 aromatic carbocycles. The number of hydrogen-bond donors (Lipinski definition) is 1. The van der Waals surface area contributed by atoms with E-state index in [-0.39, 0.29) is 30.3 Å². The Bertz CT molecular complexity index is 365. The van der Waals surface area contributed by atoms with Crippen LogP contribution in [0.2, 0.25) is 0 Å². The Morgan fingerprint density at radius 1 is 1.59 bits per heavy atom. The molecule has 1 N–H and O–H groups in total. The Kier molecular flexibility index (Phi) is 3.36. The molecular weight excluding hydrogens is 220 g/mol. The Balaban J connectivity index is 2.18. The van der Waals surface area contributed by atoms with Gasteiger partial charge in [-0.2, -0.15) is 0 Å². The maximum Gasteiger partial charge on any atom is 0.345 e. The summed E-state index contributed by atoms with van der Waals surface area (Å²) in [5, 5.41) is 3.11. The molecule has 0 aliphatic carbocycles. The normalized spacial score (nSPS) is 28.0. The third-order valence-corrected chi connectivity index (χ3v) is 3.29. The SMILES string of the molecule is CCOC(=O)C1=CNC2CCCC(C)N2C1=O. The van der Waals surface area contributed by atoms with Crippen molar-refractivity contribution in [2.75, 3.05) is 6.61 Å². The third-order valence-electron chi connectivity index (χ3n) is 3.29. The van der Waals surface area contributed by atoms with E-state index in [0.717, 1.165) is 19.3 Å². The summed E-state index contributed by atoms with van der Waals surface area (Å²) >= 11 is 0. The van der Waals surface area contributed by atoms with Crippen LogP contribution in [0.3, 0.4) is 0 Å². The van der Waals surface area contributed by atoms with Gasteiger partial charge in [0.2, 0.25) is 0 Å². The molecule has 0 aromatic rings. The highest BCUT2D eigenvalue weighted by Crippen LogP contribution is 2.26. The molecular formula is C12H18N2O3. The molecule has 2 atom stereocenters. The minimum absolute atomic E-state index is 0.0319. The summed E-state index contributed by atoms with van der Waals surface area (Å²) in [6.45, 7) is 4.02. The van der Waals surface area contributed by atoms with Crippen LogP contribution in [0, 0.1) is 0 Å². The van der Waals surface area contributed by atoms with Gasteiger partial charge in [0, 0.05) is 12.2 Å². The minimum Gasteiger partial charge on any atom is -0.462 e. The number of ether oxygens (including phenoxy) is 1. The topological polar surface area (TPSA) is 58.6 Å². The third kappa shape index (κ3) is 2.14. The highest BCUT2D eigenvalue weighted by molar-refractivity contribution is 6.16. The molecule has 1 saturated heterocycles. The molecule has 2 aliphatic heterocycles. The average Bonchev–Trinajstić information content (AvgIpc) is 2.29. The molecule has 0 saturated carbocycles. The number of rotatable bonds is 2. The zero-order chi connectivity index (χ0) is 12.4. The van der Waals surface area contributed by atoms with Crippen LogP contribution in [0.1, 0.15) is 33.1 Å². The van der Waals surface area contributed by atoms with Gasteiger partial charge in [0.25, 0.3) is 5.91 Å². The molecule has 1 amide bonds. The second-order valence-corrected chi connectivity index (χ2v) is 4.45. The first-order chi connectivity index (χ1) is 8.15. The maximum atomic E-state index is 12.2. The number of esters is 1. The number of carbonyl (C=O) groups is 2. The van der Waals surface area contributed by atoms with E-state index in [1.807, 2.05) is 6.92 Å². The van der Waals surface area contributed by atoms with Gasteiger partial charge in [0.1, 0.15) is 11.7 Å². The summed E-state index contributed by atoms with van der Waals surface area (Å²) in [7, 11) is 0. The molecule has 2 unspecified atom stereocenters. The molecule has 5 nitrogen and oxygen atoms in total. The molecule has 2 aliphatic rings. The number of nitrogens with zero attached hydrogens (tertiary/aromatic N) is 1. The Morgan fingerprint density at radius 3 is 3.06 bits per heavy atom. The first kappa shape index (κ1) is 12.0. The monoisotopic (exact) mass is 238 g/mol. The van der Waals surface area contributed by atoms with Crippen LogP contribution in [0.15, 0.2) is 11.8 Å². The fourth-order valence-electron chi connectivity index (χ4n) is 2.43. The fourth-order valence-corrected chi connectivity index (χ4v) is 2.43. The predicted molar refractivity (Wildman–Crippen MR) is 61.8 cm³/mol. The van der Waals surface area contributed by atoms with Crippen LogP contribution in [0.4, 0.5) is 0 Å². The number of fused-ring (bicyclic) bond motifs is 1. The molecule has 2 rings (SSSR count). The quantitative estimate of drug-likeness (QED) is 0.570. The summed E-state index contributed by atoms with van der Waals surface area (Å²) in [6.07, 6.45) is 4.55. The highest BCUT2D eigenvalue weighted by Gasteiger charge is 2.38. The first-order valence-electron chi connectivity index (χ1n) is 6.11. The van der Waals surface area contributed by atoms with Gasteiger partial charge in [-0.25, -0.2) is 4.79 Å². The zero-order valence-electron chi connectivity index (χ0n) is 10.2. The highest BCUT2D eigenvalue weighted by atomic mass is 16.5. The van der Waals surface area contributed by atoms with Gasteiger partial charge in [0.05, 0.1) is 6.61 Å². The van der Waals surface area contributed by atoms with Gasteiger partial charge < -0.3 is 15.0 Å². The van der Waals surface area contributed by atoms with E-state index in [2.05, 4.69) is 5.32 Å². The van der Waals surface area contributed by atoms with Crippen molar-refractivity contribution in [3.05, 3.63) is 11.8 Å². The van der Waals surface area contributed by atoms with Crippen LogP contribution in [-0.4, -0.2) is 35.6 Å². The lowest BCUT2D eigenvalue weighted by molar-refractivity contribution is -0.145. The molecule has 2 heterocycles. The lowest BCUT2D eigenvalue weighted by atomic mass is 9.98. The molecule has 17 heavy (non-hydrogen) atoms. The smallest absolute Gasteiger partial charge is 0.345 e. The second-order valence-electron chi connectivity index (χ2n) is 4.45. The van der Waals surface area contributed by atoms with Crippen LogP contribution < -0.4 is 5.32 Å². The Hall–Kier alpha value is -1.52. The maximum absolute atomic E-state index is 12.2. The summed E-state index contributed by atoms with van der Waals surface area (Å²) in [6, 6.07) is 0.173. The number of hydrogen-bond acceptors (Lipinski definition) is 4. The van der Waals surface area contributed by atoms with Crippen molar-refractivity contribution in [1.82, 2.24) is 10.2 Å². The molecule has 0 aromatic heterocycles. The van der Waals surface area contributed by atoms with Gasteiger partial charge in [0.15, 0.2) is 0 Å². The number of nitrogens with one attached hydrogen (secondary N) is 1. The van der Waals surface area contributed by atoms with E-state index in [4.69, 9.17) is 4.74 Å². The van der Waals surface area contributed by atoms with Gasteiger partial charge >= 0.3 is 5.97 Å². The van der Waals surface area contributed by atoms with Crippen molar-refractivity contribution in [3.8, 4) is 0 Å². The second kappa shape index (κ2) is 4.77. The van der Waals surface area contributed by atoms with E-state index < -0.39 is 5.97 Å². The molecule has 94 valence electrons. The minimum atomic E-state index is -0.541. The Morgan fingerprint density at radius 2 is 2.35 bits per heavy atom. The Labute approximate surface area is 101 Å². The number of carbonyl (C=O) groups excluding carboxylic acids is 2. The molecule has 0 radical (unpaired) electrons. The van der Waals surface area contributed by atoms with Crippen LogP contribution >= 0.6 is 0 Å². The fraction of sp³-hybridized carbons (Fsp3) is 0.667. The number of amides is 1. The molecule has 0 spiro atoms. The first-order valence-corrected chi connectivity index (χ1v) is 6.11. The molecule has 1 fully saturated rings. The van der Waals surface area contributed by atoms with Crippen molar-refractivity contribution in [3.63, 3.8) is 0 Å². The lowest BCUT2D eigenvalue weighted by Crippen LogP contribution is -2.57. The van der Waals surface area contributed by atoms with E-state index in [9.17, 15) is 9.59 Å². The van der Waals surface area contributed by atoms with Gasteiger partial charge in [-0.1, -0.05) is 0 Å². The summed E-state index contributed by atoms with van der Waals surface area (Å²) in [5.74, 6) is -0.749. The van der Waals surface area contributed by atoms with Crippen molar-refractivity contribution >= 4 is 11.9 Å². The number of piperidine rings is 1. The van der Waals surface area contributed by atoms with E-state index >= 15 is 0 Å². The van der Waals surface area contributed by atoms with Crippen molar-refractivity contribution < 1.29 is 14.3 Å². The van der Waals surface area contributed by atoms with Gasteiger partial charge in [-0.15, -0.1) is 0 Å². The summed E-state index contributed by atoms with van der Waals surface area (Å²) < 4.78 is 4.87. The largest absolute Gasteiger partial charge is 0.462 e. The van der Waals surface area contributed by atoms with E-state index in [1.165, 1.54) is 6.20 Å².